The summed E-state index contributed by atoms with van der Waals surface area (Å²) in [5.41, 5.74) is 1.78. The number of piperidine rings is 1. The second-order valence-corrected chi connectivity index (χ2v) is 9.89. The average Bonchev–Trinajstić information content (AvgIpc) is 3.29. The smallest absolute Gasteiger partial charge is 0.338 e. The number of rotatable bonds is 8. The Bertz CT molecular complexity index is 1230. The highest BCUT2D eigenvalue weighted by molar-refractivity contribution is 8.16. The molecule has 0 radical (unpaired) electrons. The van der Waals surface area contributed by atoms with Crippen LogP contribution in [0.2, 0.25) is 0 Å². The van der Waals surface area contributed by atoms with Gasteiger partial charge in [-0.25, -0.2) is 9.79 Å². The maximum atomic E-state index is 13.3. The van der Waals surface area contributed by atoms with Crippen molar-refractivity contribution >= 4 is 40.5 Å². The Morgan fingerprint density at radius 3 is 2.53 bits per heavy atom. The van der Waals surface area contributed by atoms with Gasteiger partial charge in [-0.2, -0.15) is 0 Å². The van der Waals surface area contributed by atoms with Gasteiger partial charge in [0.2, 0.25) is 5.91 Å². The molecule has 12 heteroatoms. The van der Waals surface area contributed by atoms with Gasteiger partial charge in [0.05, 0.1) is 47.8 Å². The highest BCUT2D eigenvalue weighted by atomic mass is 32.2. The van der Waals surface area contributed by atoms with Gasteiger partial charge in [-0.3, -0.25) is 19.7 Å². The Hall–Kier alpha value is -3.67. The Labute approximate surface area is 224 Å². The number of amidine groups is 1. The number of hydrogen-bond acceptors (Lipinski definition) is 10. The lowest BCUT2D eigenvalue weighted by molar-refractivity contribution is -0.384. The third-order valence-corrected chi connectivity index (χ3v) is 7.58. The minimum absolute atomic E-state index is 0.0523. The van der Waals surface area contributed by atoms with Crippen molar-refractivity contribution in [3.8, 4) is 0 Å². The van der Waals surface area contributed by atoms with Crippen LogP contribution in [-0.4, -0.2) is 64.0 Å². The summed E-state index contributed by atoms with van der Waals surface area (Å²) in [7, 11) is 0. The first-order valence-electron chi connectivity index (χ1n) is 12.5. The fourth-order valence-electron chi connectivity index (χ4n) is 4.85. The van der Waals surface area contributed by atoms with Crippen LogP contribution in [0.3, 0.4) is 0 Å². The van der Waals surface area contributed by atoms with Gasteiger partial charge in [-0.1, -0.05) is 23.9 Å². The van der Waals surface area contributed by atoms with Gasteiger partial charge in [-0.05, 0) is 44.6 Å². The minimum atomic E-state index is -0.745. The number of hydrogen-bond donors (Lipinski definition) is 0. The van der Waals surface area contributed by atoms with Crippen LogP contribution < -0.4 is 0 Å². The minimum Gasteiger partial charge on any atom is -0.466 e. The molecular formula is C26H30N4O7S. The quantitative estimate of drug-likeness (QED) is 0.272. The maximum Gasteiger partial charge on any atom is 0.338 e. The number of likely N-dealkylation sites (tertiary alicyclic amines) is 1. The van der Waals surface area contributed by atoms with Crippen LogP contribution in [0.15, 0.2) is 51.6 Å². The molecule has 0 bridgehead atoms. The molecule has 1 aromatic carbocycles. The van der Waals surface area contributed by atoms with Crippen LogP contribution in [0.4, 0.5) is 5.69 Å². The second kappa shape index (κ2) is 11.8. The van der Waals surface area contributed by atoms with Crippen molar-refractivity contribution in [3.05, 3.63) is 62.3 Å². The lowest BCUT2D eigenvalue weighted by Crippen LogP contribution is -2.42. The summed E-state index contributed by atoms with van der Waals surface area (Å²) in [6, 6.07) is 5.37. The molecular weight excluding hydrogens is 512 g/mol. The zero-order valence-corrected chi connectivity index (χ0v) is 22.4. The largest absolute Gasteiger partial charge is 0.466 e. The number of nitro groups is 1. The first kappa shape index (κ1) is 27.4. The van der Waals surface area contributed by atoms with Crippen LogP contribution in [0, 0.1) is 16.0 Å². The SMILES string of the molecule is CCOC(=O)C1=C(C)N=C2SC=C(CC(=O)N3CCC(C(=O)OCC)CC3)N2[C@H]1c1cccc([N+](=O)[O-])c1. The van der Waals surface area contributed by atoms with E-state index in [9.17, 15) is 24.5 Å². The molecule has 0 aliphatic carbocycles. The number of aliphatic imine (C=N–C) groups is 1. The average molecular weight is 543 g/mol. The highest BCUT2D eigenvalue weighted by Gasteiger charge is 2.42. The van der Waals surface area contributed by atoms with E-state index in [4.69, 9.17) is 9.47 Å². The van der Waals surface area contributed by atoms with E-state index >= 15 is 0 Å². The van der Waals surface area contributed by atoms with Crippen molar-refractivity contribution in [2.45, 2.75) is 46.1 Å². The van der Waals surface area contributed by atoms with E-state index in [0.29, 0.717) is 54.7 Å². The zero-order valence-electron chi connectivity index (χ0n) is 21.5. The predicted molar refractivity (Wildman–Crippen MR) is 141 cm³/mol. The van der Waals surface area contributed by atoms with Gasteiger partial charge in [0, 0.05) is 30.9 Å². The topological polar surface area (TPSA) is 132 Å². The van der Waals surface area contributed by atoms with Crippen LogP contribution >= 0.6 is 11.8 Å². The maximum absolute atomic E-state index is 13.3. The number of nitro benzene ring substituents is 1. The lowest BCUT2D eigenvalue weighted by Gasteiger charge is -2.37. The number of carbonyl (C=O) groups excluding carboxylic acids is 3. The molecule has 0 saturated carbocycles. The van der Waals surface area contributed by atoms with Gasteiger partial charge >= 0.3 is 11.9 Å². The molecule has 3 aliphatic rings. The molecule has 1 aromatic rings. The number of allylic oxidation sites excluding steroid dienone is 1. The van der Waals surface area contributed by atoms with Gasteiger partial charge in [0.25, 0.3) is 5.69 Å². The molecule has 0 aromatic heterocycles. The van der Waals surface area contributed by atoms with Gasteiger partial charge < -0.3 is 19.3 Å². The number of ether oxygens (including phenoxy) is 2. The van der Waals surface area contributed by atoms with Crippen molar-refractivity contribution in [1.29, 1.82) is 0 Å². The van der Waals surface area contributed by atoms with Crippen molar-refractivity contribution in [2.24, 2.45) is 10.9 Å². The summed E-state index contributed by atoms with van der Waals surface area (Å²) in [6.45, 7) is 6.57. The van der Waals surface area contributed by atoms with E-state index in [1.807, 2.05) is 5.41 Å². The van der Waals surface area contributed by atoms with Gasteiger partial charge in [0.15, 0.2) is 5.17 Å². The molecule has 0 N–H and O–H groups in total. The fourth-order valence-corrected chi connectivity index (χ4v) is 5.82. The summed E-state index contributed by atoms with van der Waals surface area (Å²) in [4.78, 5) is 57.6. The summed E-state index contributed by atoms with van der Waals surface area (Å²) >= 11 is 1.33. The summed E-state index contributed by atoms with van der Waals surface area (Å²) in [5.74, 6) is -1.10. The molecule has 1 fully saturated rings. The molecule has 4 rings (SSSR count). The van der Waals surface area contributed by atoms with E-state index in [-0.39, 0.29) is 42.1 Å². The normalized spacial score (nSPS) is 19.5. The first-order valence-corrected chi connectivity index (χ1v) is 13.4. The van der Waals surface area contributed by atoms with Gasteiger partial charge in [-0.15, -0.1) is 0 Å². The number of non-ortho nitro benzene ring substituents is 1. The second-order valence-electron chi connectivity index (χ2n) is 9.05. The van der Waals surface area contributed by atoms with Crippen LogP contribution in [0.1, 0.15) is 51.6 Å². The van der Waals surface area contributed by atoms with E-state index in [2.05, 4.69) is 4.99 Å². The van der Waals surface area contributed by atoms with Crippen LogP contribution in [-0.2, 0) is 23.9 Å². The predicted octanol–water partition coefficient (Wildman–Crippen LogP) is 3.92. The number of nitrogens with zero attached hydrogens (tertiary/aromatic N) is 4. The molecule has 1 atom stereocenters. The number of benzene rings is 1. The Kier molecular flexibility index (Phi) is 8.50. The molecule has 3 heterocycles. The monoisotopic (exact) mass is 542 g/mol. The van der Waals surface area contributed by atoms with E-state index < -0.39 is 16.9 Å². The van der Waals surface area contributed by atoms with E-state index in [1.165, 1.54) is 23.9 Å². The number of carbonyl (C=O) groups is 3. The molecule has 202 valence electrons. The fraction of sp³-hybridized carbons (Fsp3) is 0.462. The Morgan fingerprint density at radius 2 is 1.87 bits per heavy atom. The zero-order chi connectivity index (χ0) is 27.4. The lowest BCUT2D eigenvalue weighted by atomic mass is 9.93. The standard InChI is InChI=1S/C26H30N4O7S/c1-4-36-24(32)17-9-11-28(12-10-17)21(31)14-20-15-38-26-27-16(3)22(25(33)37-5-2)23(29(20)26)18-7-6-8-19(13-18)30(34)35/h6-8,13,15,17,23H,4-5,9-12,14H2,1-3H3/t23-/m0/s1. The van der Waals surface area contributed by atoms with Crippen molar-refractivity contribution < 1.29 is 28.8 Å². The molecule has 0 unspecified atom stereocenters. The summed E-state index contributed by atoms with van der Waals surface area (Å²) < 4.78 is 10.4. The van der Waals surface area contributed by atoms with E-state index in [1.54, 1.807) is 42.7 Å². The van der Waals surface area contributed by atoms with Crippen molar-refractivity contribution in [2.75, 3.05) is 26.3 Å². The van der Waals surface area contributed by atoms with Crippen molar-refractivity contribution in [1.82, 2.24) is 9.80 Å². The molecule has 1 amide bonds. The molecule has 11 nitrogen and oxygen atoms in total. The van der Waals surface area contributed by atoms with Crippen LogP contribution in [0.25, 0.3) is 0 Å². The van der Waals surface area contributed by atoms with E-state index in [0.717, 1.165) is 0 Å². The number of fused-ring (bicyclic) bond motifs is 1. The Balaban J connectivity index is 1.59. The summed E-state index contributed by atoms with van der Waals surface area (Å²) in [6.07, 6.45) is 1.14. The molecule has 1 saturated heterocycles. The first-order chi connectivity index (χ1) is 18.2. The number of thioether (sulfide) groups is 1. The third-order valence-electron chi connectivity index (χ3n) is 6.69. The van der Waals surface area contributed by atoms with Crippen LogP contribution in [0.5, 0.6) is 0 Å². The number of amides is 1. The molecule has 0 spiro atoms. The number of esters is 2. The third kappa shape index (κ3) is 5.59. The highest BCUT2D eigenvalue weighted by Crippen LogP contribution is 2.45. The Morgan fingerprint density at radius 1 is 1.16 bits per heavy atom. The summed E-state index contributed by atoms with van der Waals surface area (Å²) in [5, 5.41) is 13.9. The van der Waals surface area contributed by atoms with Crippen molar-refractivity contribution in [3.63, 3.8) is 0 Å². The van der Waals surface area contributed by atoms with Gasteiger partial charge in [0.1, 0.15) is 0 Å². The molecule has 3 aliphatic heterocycles. The molecule has 38 heavy (non-hydrogen) atoms.